The molecule has 27 heavy (non-hydrogen) atoms. The van der Waals surface area contributed by atoms with Crippen molar-refractivity contribution in [2.75, 3.05) is 0 Å². The van der Waals surface area contributed by atoms with Crippen molar-refractivity contribution in [1.82, 2.24) is 0 Å². The molecule has 2 N–H and O–H groups in total. The second kappa shape index (κ2) is 7.50. The van der Waals surface area contributed by atoms with Gasteiger partial charge in [0.1, 0.15) is 9.79 Å². The molecule has 0 aromatic heterocycles. The van der Waals surface area contributed by atoms with E-state index in [9.17, 15) is 25.9 Å². The van der Waals surface area contributed by atoms with Gasteiger partial charge in [-0.05, 0) is 24.6 Å². The van der Waals surface area contributed by atoms with E-state index in [4.69, 9.17) is 0 Å². The summed E-state index contributed by atoms with van der Waals surface area (Å²) in [6.45, 7) is 0. The van der Waals surface area contributed by atoms with Crippen molar-refractivity contribution in [2.45, 2.75) is 9.79 Å². The molecule has 0 saturated carbocycles. The zero-order valence-corrected chi connectivity index (χ0v) is 16.3. The maximum Gasteiger partial charge on any atom is 0.296 e. The van der Waals surface area contributed by atoms with Crippen molar-refractivity contribution in [1.29, 1.82) is 0 Å². The average molecular weight is 422 g/mol. The summed E-state index contributed by atoms with van der Waals surface area (Å²) in [5.41, 5.74) is 0. The third kappa shape index (κ3) is 4.26. The molecule has 0 radical (unpaired) electrons. The summed E-state index contributed by atoms with van der Waals surface area (Å²) in [6, 6.07) is 21.7. The minimum Gasteiger partial charge on any atom is -0.282 e. The quantitative estimate of drug-likeness (QED) is 0.481. The Bertz CT molecular complexity index is 1120. The lowest BCUT2D eigenvalue weighted by atomic mass is 10.3. The minimum absolute atomic E-state index is 0.111. The van der Waals surface area contributed by atoms with Crippen LogP contribution in [0, 0.1) is 0 Å². The summed E-state index contributed by atoms with van der Waals surface area (Å²) >= 11 is 0. The van der Waals surface area contributed by atoms with E-state index in [-0.39, 0.29) is 5.30 Å². The van der Waals surface area contributed by atoms with Gasteiger partial charge in [0.15, 0.2) is 0 Å². The highest BCUT2D eigenvalue weighted by atomic mass is 32.2. The van der Waals surface area contributed by atoms with Crippen LogP contribution < -0.4 is 15.9 Å². The van der Waals surface area contributed by atoms with E-state index in [1.807, 2.05) is 0 Å². The van der Waals surface area contributed by atoms with E-state index in [1.54, 1.807) is 60.7 Å². The van der Waals surface area contributed by atoms with Crippen molar-refractivity contribution < 1.29 is 25.9 Å². The molecule has 0 aliphatic heterocycles. The minimum atomic E-state index is -4.93. The summed E-state index contributed by atoms with van der Waals surface area (Å²) in [7, 11) is -11.3. The van der Waals surface area contributed by atoms with Gasteiger partial charge in [0.25, 0.3) is 20.2 Å². The van der Waals surface area contributed by atoms with Crippen LogP contribution in [0.1, 0.15) is 0 Å². The Morgan fingerprint density at radius 3 is 1.48 bits per heavy atom. The molecule has 3 aromatic rings. The van der Waals surface area contributed by atoms with Crippen molar-refractivity contribution in [3.63, 3.8) is 0 Å². The Hall–Kier alpha value is -2.09. The van der Waals surface area contributed by atoms with Gasteiger partial charge in [0.05, 0.1) is 0 Å². The largest absolute Gasteiger partial charge is 0.296 e. The number of hydrogen-bond donors (Lipinski definition) is 2. The van der Waals surface area contributed by atoms with Gasteiger partial charge in [-0.3, -0.25) is 9.11 Å². The summed E-state index contributed by atoms with van der Waals surface area (Å²) in [4.78, 5) is -1.65. The van der Waals surface area contributed by atoms with E-state index in [0.717, 1.165) is 16.7 Å². The van der Waals surface area contributed by atoms with Gasteiger partial charge in [0, 0.05) is 5.30 Å². The highest BCUT2D eigenvalue weighted by Gasteiger charge is 2.31. The van der Waals surface area contributed by atoms with Gasteiger partial charge in [-0.15, -0.1) is 0 Å². The molecule has 6 nitrogen and oxygen atoms in total. The van der Waals surface area contributed by atoms with Gasteiger partial charge in [0.2, 0.25) is 0 Å². The Morgan fingerprint density at radius 2 is 1.07 bits per heavy atom. The van der Waals surface area contributed by atoms with Crippen LogP contribution in [0.4, 0.5) is 0 Å². The summed E-state index contributed by atoms with van der Waals surface area (Å²) in [5.74, 6) is 0. The molecule has 0 fully saturated rings. The lowest BCUT2D eigenvalue weighted by molar-refractivity contribution is 0.467. The van der Waals surface area contributed by atoms with Crippen LogP contribution in [-0.2, 0) is 20.2 Å². The maximum atomic E-state index is 12.1. The van der Waals surface area contributed by atoms with Gasteiger partial charge in [-0.2, -0.15) is 16.8 Å². The van der Waals surface area contributed by atoms with Crippen molar-refractivity contribution in [2.24, 2.45) is 0 Å². The maximum absolute atomic E-state index is 12.1. The summed E-state index contributed by atoms with van der Waals surface area (Å²) in [6.07, 6.45) is 0. The molecule has 0 spiro atoms. The van der Waals surface area contributed by atoms with Crippen LogP contribution in [0.15, 0.2) is 88.7 Å². The Morgan fingerprint density at radius 1 is 0.593 bits per heavy atom. The van der Waals surface area contributed by atoms with Crippen LogP contribution in [0.2, 0.25) is 0 Å². The number of benzene rings is 3. The fourth-order valence-electron chi connectivity index (χ4n) is 2.72. The SMILES string of the molecule is O=S(=O)(O)c1cccc(P(c2ccccc2)c2ccccc2)c1S(=O)(=O)O. The van der Waals surface area contributed by atoms with E-state index in [2.05, 4.69) is 0 Å². The van der Waals surface area contributed by atoms with E-state index in [0.29, 0.717) is 0 Å². The molecular formula is C18H15O6PS2. The first kappa shape index (κ1) is 19.7. The van der Waals surface area contributed by atoms with Crippen LogP contribution in [-0.4, -0.2) is 25.9 Å². The summed E-state index contributed by atoms with van der Waals surface area (Å²) < 4.78 is 66.9. The topological polar surface area (TPSA) is 109 Å². The highest BCUT2D eigenvalue weighted by molar-refractivity contribution is 7.90. The number of hydrogen-bond acceptors (Lipinski definition) is 4. The third-order valence-electron chi connectivity index (χ3n) is 3.76. The molecule has 140 valence electrons. The molecule has 3 rings (SSSR count). The molecule has 0 heterocycles. The first-order chi connectivity index (χ1) is 12.7. The second-order valence-electron chi connectivity index (χ2n) is 5.56. The number of rotatable bonds is 5. The van der Waals surface area contributed by atoms with Crippen molar-refractivity contribution >= 4 is 44.1 Å². The molecule has 0 bridgehead atoms. The molecule has 0 unspecified atom stereocenters. The fraction of sp³-hybridized carbons (Fsp3) is 0. The predicted molar refractivity (Wildman–Crippen MR) is 105 cm³/mol. The molecule has 0 saturated heterocycles. The lowest BCUT2D eigenvalue weighted by Gasteiger charge is -2.22. The van der Waals surface area contributed by atoms with Gasteiger partial charge in [-0.25, -0.2) is 0 Å². The van der Waals surface area contributed by atoms with E-state index in [1.165, 1.54) is 12.1 Å². The molecule has 3 aromatic carbocycles. The smallest absolute Gasteiger partial charge is 0.282 e. The van der Waals surface area contributed by atoms with Gasteiger partial charge < -0.3 is 0 Å². The average Bonchev–Trinajstić information content (AvgIpc) is 2.62. The highest BCUT2D eigenvalue weighted by Crippen LogP contribution is 2.37. The molecule has 0 amide bonds. The zero-order chi connectivity index (χ0) is 19.7. The van der Waals surface area contributed by atoms with Crippen LogP contribution in [0.25, 0.3) is 0 Å². The van der Waals surface area contributed by atoms with Crippen molar-refractivity contribution in [3.05, 3.63) is 78.9 Å². The predicted octanol–water partition coefficient (Wildman–Crippen LogP) is 1.94. The van der Waals surface area contributed by atoms with E-state index < -0.39 is 37.9 Å². The van der Waals surface area contributed by atoms with Gasteiger partial charge >= 0.3 is 0 Å². The Labute approximate surface area is 158 Å². The standard InChI is InChI=1S/C18H15O6PS2/c19-26(20,21)17-13-7-12-16(18(17)27(22,23)24)25(14-8-3-1-4-9-14)15-10-5-2-6-11-15/h1-13H,(H,19,20,21)(H,22,23,24). The fourth-order valence-corrected chi connectivity index (χ4v) is 7.65. The first-order valence-corrected chi connectivity index (χ1v) is 11.9. The Kier molecular flexibility index (Phi) is 5.46. The normalized spacial score (nSPS) is 12.3. The first-order valence-electron chi connectivity index (χ1n) is 7.68. The van der Waals surface area contributed by atoms with Crippen LogP contribution in [0.5, 0.6) is 0 Å². The van der Waals surface area contributed by atoms with Crippen LogP contribution >= 0.6 is 7.92 Å². The molecule has 0 atom stereocenters. The Balaban J connectivity index is 2.41. The molecular weight excluding hydrogens is 407 g/mol. The monoisotopic (exact) mass is 422 g/mol. The lowest BCUT2D eigenvalue weighted by Crippen LogP contribution is -2.26. The zero-order valence-electron chi connectivity index (χ0n) is 13.8. The van der Waals surface area contributed by atoms with Crippen LogP contribution in [0.3, 0.4) is 0 Å². The van der Waals surface area contributed by atoms with Gasteiger partial charge in [-0.1, -0.05) is 72.8 Å². The van der Waals surface area contributed by atoms with Crippen molar-refractivity contribution in [3.8, 4) is 0 Å². The second-order valence-corrected chi connectivity index (χ2v) is 10.5. The molecule has 0 aliphatic carbocycles. The van der Waals surface area contributed by atoms with E-state index >= 15 is 0 Å². The molecule has 9 heteroatoms. The summed E-state index contributed by atoms with van der Waals surface area (Å²) in [5, 5.41) is 1.63. The molecule has 0 aliphatic rings. The third-order valence-corrected chi connectivity index (χ3v) is 8.38.